The van der Waals surface area contributed by atoms with Crippen molar-refractivity contribution in [2.45, 2.75) is 19.8 Å². The molecule has 1 amide bonds. The van der Waals surface area contributed by atoms with Gasteiger partial charge < -0.3 is 11.1 Å². The highest BCUT2D eigenvalue weighted by molar-refractivity contribution is 5.91. The van der Waals surface area contributed by atoms with Gasteiger partial charge >= 0.3 is 0 Å². The number of hydrogen-bond donors (Lipinski definition) is 2. The molecule has 0 aliphatic carbocycles. The molecule has 1 aromatic carbocycles. The van der Waals surface area contributed by atoms with Crippen LogP contribution in [0.25, 0.3) is 0 Å². The van der Waals surface area contributed by atoms with Crippen LogP contribution in [0.4, 0.5) is 10.1 Å². The highest BCUT2D eigenvalue weighted by Gasteiger charge is 2.04. The minimum atomic E-state index is -0.299. The summed E-state index contributed by atoms with van der Waals surface area (Å²) in [4.78, 5) is 11.3. The molecule has 0 bridgehead atoms. The van der Waals surface area contributed by atoms with Gasteiger partial charge in [0.1, 0.15) is 5.82 Å². The number of rotatable bonds is 4. The van der Waals surface area contributed by atoms with Crippen LogP contribution in [0.2, 0.25) is 0 Å². The summed E-state index contributed by atoms with van der Waals surface area (Å²) in [7, 11) is 0. The van der Waals surface area contributed by atoms with E-state index in [4.69, 9.17) is 5.73 Å². The van der Waals surface area contributed by atoms with Crippen molar-refractivity contribution in [2.24, 2.45) is 5.73 Å². The van der Waals surface area contributed by atoms with E-state index in [1.54, 1.807) is 13.0 Å². The first-order valence-corrected chi connectivity index (χ1v) is 4.89. The molecule has 16 heavy (non-hydrogen) atoms. The highest BCUT2D eigenvalue weighted by atomic mass is 35.5. The number of benzene rings is 1. The first-order valence-electron chi connectivity index (χ1n) is 4.89. The van der Waals surface area contributed by atoms with Crippen LogP contribution in [0.3, 0.4) is 0 Å². The SMILES string of the molecule is Cc1cc(F)ccc1NC(=O)CCCN.Cl. The fraction of sp³-hybridized carbons (Fsp3) is 0.364. The van der Waals surface area contributed by atoms with Crippen molar-refractivity contribution in [1.29, 1.82) is 0 Å². The van der Waals surface area contributed by atoms with Gasteiger partial charge in [-0.15, -0.1) is 12.4 Å². The number of hydrogen-bond acceptors (Lipinski definition) is 2. The Labute approximate surface area is 101 Å². The summed E-state index contributed by atoms with van der Waals surface area (Å²) < 4.78 is 12.8. The summed E-state index contributed by atoms with van der Waals surface area (Å²) in [5.74, 6) is -0.386. The number of nitrogens with two attached hydrogens (primary N) is 1. The summed E-state index contributed by atoms with van der Waals surface area (Å²) in [5.41, 5.74) is 6.66. The minimum Gasteiger partial charge on any atom is -0.330 e. The molecule has 0 radical (unpaired) electrons. The normalized spacial score (nSPS) is 9.44. The van der Waals surface area contributed by atoms with Gasteiger partial charge in [-0.2, -0.15) is 0 Å². The van der Waals surface area contributed by atoms with Gasteiger partial charge in [0.25, 0.3) is 0 Å². The predicted molar refractivity (Wildman–Crippen MR) is 65.3 cm³/mol. The topological polar surface area (TPSA) is 55.1 Å². The Morgan fingerprint density at radius 3 is 2.75 bits per heavy atom. The van der Waals surface area contributed by atoms with E-state index in [2.05, 4.69) is 5.32 Å². The number of amides is 1. The van der Waals surface area contributed by atoms with Crippen LogP contribution in [0.5, 0.6) is 0 Å². The van der Waals surface area contributed by atoms with Gasteiger partial charge in [0.2, 0.25) is 5.91 Å². The number of carbonyl (C=O) groups excluding carboxylic acids is 1. The second-order valence-corrected chi connectivity index (χ2v) is 3.40. The Morgan fingerprint density at radius 2 is 2.19 bits per heavy atom. The molecule has 0 aliphatic heterocycles. The smallest absolute Gasteiger partial charge is 0.224 e. The van der Waals surface area contributed by atoms with Gasteiger partial charge in [0.15, 0.2) is 0 Å². The lowest BCUT2D eigenvalue weighted by Crippen LogP contribution is -2.14. The molecule has 0 spiro atoms. The second kappa shape index (κ2) is 7.19. The van der Waals surface area contributed by atoms with E-state index in [1.807, 2.05) is 0 Å². The third-order valence-electron chi connectivity index (χ3n) is 2.07. The lowest BCUT2D eigenvalue weighted by Gasteiger charge is -2.07. The van der Waals surface area contributed by atoms with Crippen LogP contribution >= 0.6 is 12.4 Å². The fourth-order valence-corrected chi connectivity index (χ4v) is 1.24. The third-order valence-corrected chi connectivity index (χ3v) is 2.07. The van der Waals surface area contributed by atoms with Crippen molar-refractivity contribution in [3.8, 4) is 0 Å². The van der Waals surface area contributed by atoms with Crippen LogP contribution in [-0.4, -0.2) is 12.5 Å². The maximum atomic E-state index is 12.8. The maximum absolute atomic E-state index is 12.8. The van der Waals surface area contributed by atoms with Crippen LogP contribution in [0.15, 0.2) is 18.2 Å². The summed E-state index contributed by atoms with van der Waals surface area (Å²) in [5, 5.41) is 2.71. The molecule has 0 aliphatic rings. The van der Waals surface area contributed by atoms with Crippen LogP contribution in [0.1, 0.15) is 18.4 Å². The molecule has 0 saturated carbocycles. The molecule has 3 N–H and O–H groups in total. The summed E-state index contributed by atoms with van der Waals surface area (Å²) in [6.45, 7) is 2.25. The van der Waals surface area contributed by atoms with Crippen molar-refractivity contribution < 1.29 is 9.18 Å². The molecule has 0 saturated heterocycles. The Bertz CT molecular complexity index is 358. The molecule has 0 unspecified atom stereocenters. The van der Waals surface area contributed by atoms with E-state index in [-0.39, 0.29) is 24.1 Å². The zero-order valence-electron chi connectivity index (χ0n) is 9.13. The third kappa shape index (κ3) is 4.59. The zero-order valence-corrected chi connectivity index (χ0v) is 9.94. The number of nitrogens with one attached hydrogen (secondary N) is 1. The van der Waals surface area contributed by atoms with Crippen molar-refractivity contribution in [3.05, 3.63) is 29.6 Å². The number of anilines is 1. The molecule has 0 heterocycles. The molecular formula is C11H16ClFN2O. The number of halogens is 2. The average molecular weight is 247 g/mol. The first kappa shape index (κ1) is 14.9. The highest BCUT2D eigenvalue weighted by Crippen LogP contribution is 2.15. The van der Waals surface area contributed by atoms with Crippen molar-refractivity contribution in [1.82, 2.24) is 0 Å². The van der Waals surface area contributed by atoms with E-state index in [9.17, 15) is 9.18 Å². The molecule has 1 aromatic rings. The number of aryl methyl sites for hydroxylation is 1. The lowest BCUT2D eigenvalue weighted by molar-refractivity contribution is -0.116. The monoisotopic (exact) mass is 246 g/mol. The fourth-order valence-electron chi connectivity index (χ4n) is 1.24. The average Bonchev–Trinajstić information content (AvgIpc) is 2.19. The molecule has 0 atom stereocenters. The summed E-state index contributed by atoms with van der Waals surface area (Å²) in [6.07, 6.45) is 1.05. The van der Waals surface area contributed by atoms with Gasteiger partial charge in [0, 0.05) is 12.1 Å². The molecule has 90 valence electrons. The molecular weight excluding hydrogens is 231 g/mol. The zero-order chi connectivity index (χ0) is 11.3. The van der Waals surface area contributed by atoms with Crippen molar-refractivity contribution >= 4 is 24.0 Å². The van der Waals surface area contributed by atoms with Crippen LogP contribution < -0.4 is 11.1 Å². The van der Waals surface area contributed by atoms with Gasteiger partial charge in [-0.3, -0.25) is 4.79 Å². The van der Waals surface area contributed by atoms with Gasteiger partial charge in [-0.05, 0) is 43.7 Å². The van der Waals surface area contributed by atoms with E-state index in [0.29, 0.717) is 25.1 Å². The summed E-state index contributed by atoms with van der Waals surface area (Å²) >= 11 is 0. The second-order valence-electron chi connectivity index (χ2n) is 3.40. The van der Waals surface area contributed by atoms with E-state index < -0.39 is 0 Å². The van der Waals surface area contributed by atoms with E-state index in [0.717, 1.165) is 5.56 Å². The standard InChI is InChI=1S/C11H15FN2O.ClH/c1-8-7-9(12)4-5-10(8)14-11(15)3-2-6-13;/h4-5,7H,2-3,6,13H2,1H3,(H,14,15);1H. The largest absolute Gasteiger partial charge is 0.330 e. The van der Waals surface area contributed by atoms with Gasteiger partial charge in [-0.1, -0.05) is 0 Å². The number of carbonyl (C=O) groups is 1. The Morgan fingerprint density at radius 1 is 1.50 bits per heavy atom. The maximum Gasteiger partial charge on any atom is 0.224 e. The molecule has 5 heteroatoms. The van der Waals surface area contributed by atoms with Crippen molar-refractivity contribution in [2.75, 3.05) is 11.9 Å². The molecule has 0 aromatic heterocycles. The molecule has 3 nitrogen and oxygen atoms in total. The minimum absolute atomic E-state index is 0. The van der Waals surface area contributed by atoms with Crippen molar-refractivity contribution in [3.63, 3.8) is 0 Å². The Hall–Kier alpha value is -1.13. The van der Waals surface area contributed by atoms with Crippen LogP contribution in [-0.2, 0) is 4.79 Å². The van der Waals surface area contributed by atoms with Gasteiger partial charge in [0.05, 0.1) is 0 Å². The summed E-state index contributed by atoms with van der Waals surface area (Å²) in [6, 6.07) is 4.27. The lowest BCUT2D eigenvalue weighted by atomic mass is 10.2. The van der Waals surface area contributed by atoms with E-state index in [1.165, 1.54) is 12.1 Å². The predicted octanol–water partition coefficient (Wildman–Crippen LogP) is 2.23. The Kier molecular flexibility index (Phi) is 6.69. The van der Waals surface area contributed by atoms with Crippen LogP contribution in [0, 0.1) is 12.7 Å². The first-order chi connectivity index (χ1) is 7.13. The molecule has 0 fully saturated rings. The quantitative estimate of drug-likeness (QED) is 0.856. The van der Waals surface area contributed by atoms with Gasteiger partial charge in [-0.25, -0.2) is 4.39 Å². The Balaban J connectivity index is 0.00000225. The molecule has 1 rings (SSSR count). The van der Waals surface area contributed by atoms with E-state index >= 15 is 0 Å².